The molecule has 2 rings (SSSR count). The minimum atomic E-state index is -0.402. The number of benzene rings is 2. The molecule has 0 saturated carbocycles. The molecule has 3 atom stereocenters. The molecule has 0 aliphatic rings. The Labute approximate surface area is 144 Å². The summed E-state index contributed by atoms with van der Waals surface area (Å²) in [6.45, 7) is 6.27. The molecule has 0 spiro atoms. The second-order valence-corrected chi connectivity index (χ2v) is 6.57. The minimum absolute atomic E-state index is 0.0205. The number of nitrogens with one attached hydrogen (secondary N) is 1. The zero-order valence-electron chi connectivity index (χ0n) is 14.7. The number of carbonyl (C=O) groups excluding carboxylic acids is 1. The van der Waals surface area contributed by atoms with Gasteiger partial charge < -0.3 is 10.4 Å². The van der Waals surface area contributed by atoms with Crippen LogP contribution in [0.1, 0.15) is 48.8 Å². The third kappa shape index (κ3) is 5.20. The first kappa shape index (κ1) is 18.2. The molecule has 1 amide bonds. The molecule has 0 radical (unpaired) electrons. The normalized spacial score (nSPS) is 14.7. The number of aryl methyl sites for hydroxylation is 1. The van der Waals surface area contributed by atoms with Crippen LogP contribution in [0.4, 0.5) is 0 Å². The molecule has 3 nitrogen and oxygen atoms in total. The highest BCUT2D eigenvalue weighted by Crippen LogP contribution is 2.22. The van der Waals surface area contributed by atoms with Gasteiger partial charge in [0.1, 0.15) is 0 Å². The zero-order valence-corrected chi connectivity index (χ0v) is 14.7. The van der Waals surface area contributed by atoms with E-state index in [9.17, 15) is 9.90 Å². The van der Waals surface area contributed by atoms with Crippen molar-refractivity contribution in [3.8, 4) is 0 Å². The van der Waals surface area contributed by atoms with Crippen LogP contribution >= 0.6 is 0 Å². The van der Waals surface area contributed by atoms with Crippen LogP contribution in [0.5, 0.6) is 0 Å². The maximum Gasteiger partial charge on any atom is 0.227 e. The van der Waals surface area contributed by atoms with Crippen LogP contribution < -0.4 is 5.32 Å². The summed E-state index contributed by atoms with van der Waals surface area (Å²) in [7, 11) is 0. The number of carbonyl (C=O) groups is 1. The fraction of sp³-hybridized carbons (Fsp3) is 0.381. The van der Waals surface area contributed by atoms with Crippen LogP contribution in [0.25, 0.3) is 0 Å². The van der Waals surface area contributed by atoms with Gasteiger partial charge in [-0.1, -0.05) is 60.2 Å². The van der Waals surface area contributed by atoms with E-state index in [1.807, 2.05) is 62.4 Å². The molecule has 3 unspecified atom stereocenters. The third-order valence-electron chi connectivity index (χ3n) is 4.35. The molecule has 24 heavy (non-hydrogen) atoms. The predicted octanol–water partition coefficient (Wildman–Crippen LogP) is 3.77. The van der Waals surface area contributed by atoms with Crippen LogP contribution in [0, 0.1) is 6.92 Å². The number of aliphatic hydroxyl groups excluding tert-OH is 1. The topological polar surface area (TPSA) is 49.3 Å². The van der Waals surface area contributed by atoms with Gasteiger partial charge in [-0.15, -0.1) is 0 Å². The lowest BCUT2D eigenvalue weighted by atomic mass is 9.92. The first-order valence-corrected chi connectivity index (χ1v) is 8.54. The standard InChI is InChI=1S/C21H27NO2/c1-15-8-7-11-19(12-15)17(3)21(24)22-14-20(13-16(2)23)18-9-5-4-6-10-18/h4-12,16-17,20,23H,13-14H2,1-3H3,(H,22,24). The van der Waals surface area contributed by atoms with Gasteiger partial charge in [0.25, 0.3) is 0 Å². The van der Waals surface area contributed by atoms with Crippen molar-refractivity contribution < 1.29 is 9.90 Å². The molecule has 0 bridgehead atoms. The SMILES string of the molecule is Cc1cccc(C(C)C(=O)NCC(CC(C)O)c2ccccc2)c1. The number of hydrogen-bond acceptors (Lipinski definition) is 2. The highest BCUT2D eigenvalue weighted by Gasteiger charge is 2.19. The molecule has 0 aromatic heterocycles. The number of amides is 1. The second kappa shape index (κ2) is 8.65. The summed E-state index contributed by atoms with van der Waals surface area (Å²) in [5.41, 5.74) is 3.32. The van der Waals surface area contributed by atoms with Crippen LogP contribution in [0.2, 0.25) is 0 Å². The molecule has 128 valence electrons. The molecule has 3 heteroatoms. The summed E-state index contributed by atoms with van der Waals surface area (Å²) in [6, 6.07) is 18.1. The lowest BCUT2D eigenvalue weighted by molar-refractivity contribution is -0.122. The molecule has 2 N–H and O–H groups in total. The summed E-state index contributed by atoms with van der Waals surface area (Å²) < 4.78 is 0. The highest BCUT2D eigenvalue weighted by molar-refractivity contribution is 5.83. The average molecular weight is 325 g/mol. The summed E-state index contributed by atoms with van der Waals surface area (Å²) in [6.07, 6.45) is 0.227. The smallest absolute Gasteiger partial charge is 0.227 e. The van der Waals surface area contributed by atoms with Gasteiger partial charge in [0.2, 0.25) is 5.91 Å². The van der Waals surface area contributed by atoms with Gasteiger partial charge in [-0.2, -0.15) is 0 Å². The Balaban J connectivity index is 2.01. The largest absolute Gasteiger partial charge is 0.393 e. The Kier molecular flexibility index (Phi) is 6.56. The van der Waals surface area contributed by atoms with Gasteiger partial charge in [-0.05, 0) is 38.3 Å². The molecular formula is C21H27NO2. The number of rotatable bonds is 7. The van der Waals surface area contributed by atoms with E-state index < -0.39 is 6.10 Å². The van der Waals surface area contributed by atoms with Crippen LogP contribution in [-0.2, 0) is 4.79 Å². The molecule has 0 saturated heterocycles. The van der Waals surface area contributed by atoms with Crippen LogP contribution in [0.15, 0.2) is 54.6 Å². The van der Waals surface area contributed by atoms with E-state index in [0.29, 0.717) is 13.0 Å². The number of aliphatic hydroxyl groups is 1. The average Bonchev–Trinajstić information content (AvgIpc) is 2.58. The van der Waals surface area contributed by atoms with E-state index in [1.165, 1.54) is 0 Å². The van der Waals surface area contributed by atoms with E-state index >= 15 is 0 Å². The van der Waals surface area contributed by atoms with Crippen molar-refractivity contribution in [1.82, 2.24) is 5.32 Å². The predicted molar refractivity (Wildman–Crippen MR) is 98.1 cm³/mol. The summed E-state index contributed by atoms with van der Waals surface area (Å²) >= 11 is 0. The Morgan fingerprint density at radius 3 is 2.33 bits per heavy atom. The Morgan fingerprint density at radius 1 is 1.04 bits per heavy atom. The minimum Gasteiger partial charge on any atom is -0.393 e. The monoisotopic (exact) mass is 325 g/mol. The third-order valence-corrected chi connectivity index (χ3v) is 4.35. The van der Waals surface area contributed by atoms with E-state index in [1.54, 1.807) is 6.92 Å². The molecule has 0 aliphatic heterocycles. The first-order valence-electron chi connectivity index (χ1n) is 8.54. The Hall–Kier alpha value is -2.13. The lowest BCUT2D eigenvalue weighted by Gasteiger charge is -2.21. The molecule has 0 aliphatic carbocycles. The quantitative estimate of drug-likeness (QED) is 0.814. The Bertz CT molecular complexity index is 652. The van der Waals surface area contributed by atoms with Gasteiger partial charge in [-0.25, -0.2) is 0 Å². The molecule has 0 fully saturated rings. The van der Waals surface area contributed by atoms with Crippen molar-refractivity contribution >= 4 is 5.91 Å². The van der Waals surface area contributed by atoms with Crippen molar-refractivity contribution in [3.63, 3.8) is 0 Å². The van der Waals surface area contributed by atoms with Crippen molar-refractivity contribution in [2.24, 2.45) is 0 Å². The molecule has 2 aromatic carbocycles. The Morgan fingerprint density at radius 2 is 1.71 bits per heavy atom. The van der Waals surface area contributed by atoms with Gasteiger partial charge in [0.05, 0.1) is 12.0 Å². The fourth-order valence-corrected chi connectivity index (χ4v) is 2.94. The fourth-order valence-electron chi connectivity index (χ4n) is 2.94. The summed E-state index contributed by atoms with van der Waals surface area (Å²) in [5.74, 6) is -0.0557. The van der Waals surface area contributed by atoms with Gasteiger partial charge >= 0.3 is 0 Å². The number of hydrogen-bond donors (Lipinski definition) is 2. The van der Waals surface area contributed by atoms with Crippen LogP contribution in [0.3, 0.4) is 0 Å². The van der Waals surface area contributed by atoms with Crippen molar-refractivity contribution in [3.05, 3.63) is 71.3 Å². The van der Waals surface area contributed by atoms with E-state index in [2.05, 4.69) is 11.4 Å². The molecular weight excluding hydrogens is 298 g/mol. The molecule has 0 heterocycles. The first-order chi connectivity index (χ1) is 11.5. The van der Waals surface area contributed by atoms with Gasteiger partial charge in [0.15, 0.2) is 0 Å². The van der Waals surface area contributed by atoms with E-state index in [0.717, 1.165) is 16.7 Å². The van der Waals surface area contributed by atoms with Crippen molar-refractivity contribution in [1.29, 1.82) is 0 Å². The van der Waals surface area contributed by atoms with E-state index in [4.69, 9.17) is 0 Å². The highest BCUT2D eigenvalue weighted by atomic mass is 16.3. The maximum absolute atomic E-state index is 12.5. The second-order valence-electron chi connectivity index (χ2n) is 6.57. The summed E-state index contributed by atoms with van der Waals surface area (Å²) in [5, 5.41) is 12.8. The van der Waals surface area contributed by atoms with Gasteiger partial charge in [0, 0.05) is 12.5 Å². The van der Waals surface area contributed by atoms with Crippen molar-refractivity contribution in [2.45, 2.75) is 45.1 Å². The van der Waals surface area contributed by atoms with E-state index in [-0.39, 0.29) is 17.7 Å². The molecule has 2 aromatic rings. The van der Waals surface area contributed by atoms with Crippen molar-refractivity contribution in [2.75, 3.05) is 6.54 Å². The van der Waals surface area contributed by atoms with Crippen LogP contribution in [-0.4, -0.2) is 23.7 Å². The maximum atomic E-state index is 12.5. The van der Waals surface area contributed by atoms with Gasteiger partial charge in [-0.3, -0.25) is 4.79 Å². The lowest BCUT2D eigenvalue weighted by Crippen LogP contribution is -2.32. The summed E-state index contributed by atoms with van der Waals surface area (Å²) in [4.78, 5) is 12.5. The zero-order chi connectivity index (χ0) is 17.5.